The maximum atomic E-state index is 10.9. The van der Waals surface area contributed by atoms with Gasteiger partial charge >= 0.3 is 5.97 Å². The van der Waals surface area contributed by atoms with Crippen molar-refractivity contribution in [3.63, 3.8) is 0 Å². The van der Waals surface area contributed by atoms with Crippen molar-refractivity contribution in [3.8, 4) is 0 Å². The molecule has 4 nitrogen and oxygen atoms in total. The van der Waals surface area contributed by atoms with Crippen molar-refractivity contribution in [3.05, 3.63) is 57.4 Å². The molecule has 2 aliphatic carbocycles. The Morgan fingerprint density at radius 2 is 2.05 bits per heavy atom. The molecule has 2 bridgehead atoms. The summed E-state index contributed by atoms with van der Waals surface area (Å²) in [6.07, 6.45) is 6.92. The third-order valence-electron chi connectivity index (χ3n) is 2.88. The Balaban J connectivity index is 0.000000149. The van der Waals surface area contributed by atoms with Crippen LogP contribution < -0.4 is 0 Å². The van der Waals surface area contributed by atoms with E-state index in [-0.39, 0.29) is 12.2 Å². The number of aliphatic carboxylic acids is 1. The SMILES string of the molecule is Cn1cc(Cl)cc1CC(=O)O.O=C1C2=CC(Cl)=C1C=C2. The van der Waals surface area contributed by atoms with E-state index in [1.54, 1.807) is 42.1 Å². The summed E-state index contributed by atoms with van der Waals surface area (Å²) >= 11 is 11.3. The molecule has 0 saturated carbocycles. The van der Waals surface area contributed by atoms with Gasteiger partial charge < -0.3 is 9.67 Å². The van der Waals surface area contributed by atoms with Crippen LogP contribution in [0.5, 0.6) is 0 Å². The molecular weight excluding hydrogens is 301 g/mol. The summed E-state index contributed by atoms with van der Waals surface area (Å²) in [6.45, 7) is 0. The van der Waals surface area contributed by atoms with Gasteiger partial charge in [0.05, 0.1) is 16.5 Å². The lowest BCUT2D eigenvalue weighted by Gasteiger charge is -1.96. The van der Waals surface area contributed by atoms with Crippen LogP contribution >= 0.6 is 23.2 Å². The lowest BCUT2D eigenvalue weighted by atomic mass is 10.2. The number of carboxylic acids is 1. The Hall–Kier alpha value is -1.78. The number of ketones is 1. The fourth-order valence-corrected chi connectivity index (χ4v) is 2.43. The summed E-state index contributed by atoms with van der Waals surface area (Å²) in [7, 11) is 1.77. The smallest absolute Gasteiger partial charge is 0.309 e. The second-order valence-corrected chi connectivity index (χ2v) is 5.20. The van der Waals surface area contributed by atoms with Crippen LogP contribution in [-0.2, 0) is 23.1 Å². The highest BCUT2D eigenvalue weighted by atomic mass is 35.5. The first-order valence-electron chi connectivity index (χ1n) is 5.75. The summed E-state index contributed by atoms with van der Waals surface area (Å²) in [5, 5.41) is 9.60. The van der Waals surface area contributed by atoms with Crippen molar-refractivity contribution < 1.29 is 14.7 Å². The van der Waals surface area contributed by atoms with Gasteiger partial charge in [-0.2, -0.15) is 0 Å². The highest BCUT2D eigenvalue weighted by Gasteiger charge is 2.25. The molecule has 0 saturated heterocycles. The molecule has 0 amide bonds. The monoisotopic (exact) mass is 311 g/mol. The number of hydrogen-bond donors (Lipinski definition) is 1. The molecular formula is C14H11Cl2NO3. The third-order valence-corrected chi connectivity index (χ3v) is 3.40. The predicted octanol–water partition coefficient (Wildman–Crippen LogP) is 2.86. The topological polar surface area (TPSA) is 59.3 Å². The number of carbonyl (C=O) groups is 2. The average Bonchev–Trinajstić information content (AvgIpc) is 2.93. The lowest BCUT2D eigenvalue weighted by Crippen LogP contribution is -2.04. The van der Waals surface area contributed by atoms with Gasteiger partial charge in [-0.25, -0.2) is 0 Å². The van der Waals surface area contributed by atoms with Crippen molar-refractivity contribution in [1.29, 1.82) is 0 Å². The molecule has 0 unspecified atom stereocenters. The van der Waals surface area contributed by atoms with Crippen LogP contribution in [0.1, 0.15) is 5.69 Å². The van der Waals surface area contributed by atoms with Gasteiger partial charge in [-0.05, 0) is 18.2 Å². The molecule has 0 atom stereocenters. The van der Waals surface area contributed by atoms with Crippen LogP contribution in [0, 0.1) is 0 Å². The van der Waals surface area contributed by atoms with Gasteiger partial charge in [0.15, 0.2) is 5.78 Å². The van der Waals surface area contributed by atoms with Gasteiger partial charge in [0, 0.05) is 30.1 Å². The van der Waals surface area contributed by atoms with Gasteiger partial charge in [0.1, 0.15) is 0 Å². The fourth-order valence-electron chi connectivity index (χ4n) is 1.89. The van der Waals surface area contributed by atoms with E-state index in [0.29, 0.717) is 21.3 Å². The normalized spacial score (nSPS) is 15.3. The van der Waals surface area contributed by atoms with E-state index in [1.807, 2.05) is 0 Å². The summed E-state index contributed by atoms with van der Waals surface area (Å²) in [6, 6.07) is 1.65. The van der Waals surface area contributed by atoms with E-state index in [4.69, 9.17) is 28.3 Å². The number of aryl methyl sites for hydroxylation is 1. The summed E-state index contributed by atoms with van der Waals surface area (Å²) in [5.41, 5.74) is 2.07. The molecule has 0 spiro atoms. The molecule has 104 valence electrons. The standard InChI is InChI=1S/C7H8ClNO2.C7H3ClO/c1-9-4-5(8)2-6(9)3-7(10)11;8-6-3-4-1-2-5(6)7(4)9/h2,4H,3H2,1H3,(H,10,11);1-3H. The van der Waals surface area contributed by atoms with Crippen molar-refractivity contribution >= 4 is 35.0 Å². The zero-order chi connectivity index (χ0) is 14.9. The van der Waals surface area contributed by atoms with Gasteiger partial charge in [-0.1, -0.05) is 29.3 Å². The van der Waals surface area contributed by atoms with E-state index in [1.165, 1.54) is 0 Å². The molecule has 3 rings (SSSR count). The zero-order valence-electron chi connectivity index (χ0n) is 10.6. The molecule has 20 heavy (non-hydrogen) atoms. The highest BCUT2D eigenvalue weighted by Crippen LogP contribution is 2.31. The molecule has 6 heteroatoms. The van der Waals surface area contributed by atoms with E-state index in [9.17, 15) is 9.59 Å². The lowest BCUT2D eigenvalue weighted by molar-refractivity contribution is -0.136. The summed E-state index contributed by atoms with van der Waals surface area (Å²) in [5.74, 6) is -0.775. The van der Waals surface area contributed by atoms with E-state index < -0.39 is 5.97 Å². The molecule has 1 heterocycles. The molecule has 1 aromatic rings. The number of fused-ring (bicyclic) bond motifs is 2. The fraction of sp³-hybridized carbons (Fsp3) is 0.143. The van der Waals surface area contributed by atoms with E-state index >= 15 is 0 Å². The Morgan fingerprint density at radius 3 is 2.35 bits per heavy atom. The van der Waals surface area contributed by atoms with Gasteiger partial charge in [0.25, 0.3) is 0 Å². The minimum absolute atomic E-state index is 0.0171. The van der Waals surface area contributed by atoms with Crippen molar-refractivity contribution in [2.45, 2.75) is 6.42 Å². The molecule has 0 aliphatic heterocycles. The van der Waals surface area contributed by atoms with Crippen LogP contribution in [0.3, 0.4) is 0 Å². The second-order valence-electron chi connectivity index (χ2n) is 4.35. The predicted molar refractivity (Wildman–Crippen MR) is 76.9 cm³/mol. The molecule has 1 aromatic heterocycles. The molecule has 0 aromatic carbocycles. The number of rotatable bonds is 2. The van der Waals surface area contributed by atoms with Crippen LogP contribution in [0.4, 0.5) is 0 Å². The number of allylic oxidation sites excluding steroid dienone is 6. The Labute approximate surface area is 125 Å². The largest absolute Gasteiger partial charge is 0.481 e. The van der Waals surface area contributed by atoms with Gasteiger partial charge in [0.2, 0.25) is 0 Å². The maximum Gasteiger partial charge on any atom is 0.309 e. The molecule has 0 radical (unpaired) electrons. The zero-order valence-corrected chi connectivity index (χ0v) is 12.1. The Kier molecular flexibility index (Phi) is 4.16. The number of aromatic nitrogens is 1. The van der Waals surface area contributed by atoms with Crippen LogP contribution in [0.2, 0.25) is 5.02 Å². The average molecular weight is 312 g/mol. The van der Waals surface area contributed by atoms with E-state index in [2.05, 4.69) is 0 Å². The Bertz CT molecular complexity index is 681. The number of hydrogen-bond acceptors (Lipinski definition) is 2. The van der Waals surface area contributed by atoms with Crippen LogP contribution in [0.15, 0.2) is 46.7 Å². The van der Waals surface area contributed by atoms with Crippen LogP contribution in [-0.4, -0.2) is 21.4 Å². The quantitative estimate of drug-likeness (QED) is 0.913. The molecule has 1 N–H and O–H groups in total. The highest BCUT2D eigenvalue weighted by molar-refractivity contribution is 6.38. The summed E-state index contributed by atoms with van der Waals surface area (Å²) in [4.78, 5) is 21.2. The molecule has 2 aliphatic rings. The minimum atomic E-state index is -0.845. The summed E-state index contributed by atoms with van der Waals surface area (Å²) < 4.78 is 1.70. The number of Topliss-reactive ketones (excluding diaryl/α,β-unsaturated/α-hetero) is 1. The maximum absolute atomic E-state index is 10.9. The van der Waals surface area contributed by atoms with Crippen molar-refractivity contribution in [2.75, 3.05) is 0 Å². The first-order chi connectivity index (χ1) is 9.38. The van der Waals surface area contributed by atoms with Crippen molar-refractivity contribution in [1.82, 2.24) is 4.57 Å². The van der Waals surface area contributed by atoms with Crippen molar-refractivity contribution in [2.24, 2.45) is 7.05 Å². The Morgan fingerprint density at radius 1 is 1.35 bits per heavy atom. The second kappa shape index (κ2) is 5.69. The minimum Gasteiger partial charge on any atom is -0.481 e. The first kappa shape index (κ1) is 14.6. The van der Waals surface area contributed by atoms with Crippen LogP contribution in [0.25, 0.3) is 0 Å². The number of carbonyl (C=O) groups excluding carboxylic acids is 1. The van der Waals surface area contributed by atoms with E-state index in [0.717, 1.165) is 5.57 Å². The first-order valence-corrected chi connectivity index (χ1v) is 6.51. The third kappa shape index (κ3) is 3.03. The number of carboxylic acid groups (broad SMARTS) is 1. The molecule has 0 fully saturated rings. The number of halogens is 2. The van der Waals surface area contributed by atoms with Gasteiger partial charge in [-0.3, -0.25) is 9.59 Å². The number of nitrogens with zero attached hydrogens (tertiary/aromatic N) is 1. The van der Waals surface area contributed by atoms with Gasteiger partial charge in [-0.15, -0.1) is 0 Å².